The first-order chi connectivity index (χ1) is 19.4. The summed E-state index contributed by atoms with van der Waals surface area (Å²) in [5.41, 5.74) is 3.84. The van der Waals surface area contributed by atoms with Crippen molar-refractivity contribution in [2.75, 3.05) is 44.3 Å². The van der Waals surface area contributed by atoms with Gasteiger partial charge in [-0.05, 0) is 54.5 Å². The van der Waals surface area contributed by atoms with Gasteiger partial charge in [0, 0.05) is 50.9 Å². The first kappa shape index (κ1) is 26.4. The van der Waals surface area contributed by atoms with Crippen LogP contribution in [0.3, 0.4) is 0 Å². The number of anilines is 1. The van der Waals surface area contributed by atoms with Crippen molar-refractivity contribution < 1.29 is 9.53 Å². The van der Waals surface area contributed by atoms with Gasteiger partial charge in [-0.15, -0.1) is 0 Å². The van der Waals surface area contributed by atoms with Crippen LogP contribution < -0.4 is 4.90 Å². The molecule has 2 aliphatic heterocycles. The molecule has 8 nitrogen and oxygen atoms in total. The minimum atomic E-state index is 0.0609. The fraction of sp³-hybridized carbons (Fsp3) is 0.438. The molecule has 2 fully saturated rings. The lowest BCUT2D eigenvalue weighted by Gasteiger charge is -2.26. The van der Waals surface area contributed by atoms with E-state index in [1.807, 2.05) is 58.2 Å². The molecular weight excluding hydrogens is 500 g/mol. The summed E-state index contributed by atoms with van der Waals surface area (Å²) in [6.45, 7) is 10.9. The summed E-state index contributed by atoms with van der Waals surface area (Å²) >= 11 is 0. The van der Waals surface area contributed by atoms with Crippen LogP contribution >= 0.6 is 0 Å². The zero-order valence-electron chi connectivity index (χ0n) is 23.7. The van der Waals surface area contributed by atoms with Crippen molar-refractivity contribution in [1.82, 2.24) is 24.6 Å². The lowest BCUT2D eigenvalue weighted by Crippen LogP contribution is -2.35. The molecule has 4 heterocycles. The topological polar surface area (TPSA) is 76.4 Å². The second-order valence-corrected chi connectivity index (χ2v) is 11.9. The third-order valence-corrected chi connectivity index (χ3v) is 8.09. The number of hydrogen-bond donors (Lipinski definition) is 0. The van der Waals surface area contributed by atoms with Crippen molar-refractivity contribution in [2.45, 2.75) is 51.4 Å². The minimum Gasteiger partial charge on any atom is -0.381 e. The normalized spacial score (nSPS) is 17.3. The predicted octanol–water partition coefficient (Wildman–Crippen LogP) is 5.36. The molecule has 6 rings (SSSR count). The maximum atomic E-state index is 13.4. The van der Waals surface area contributed by atoms with Gasteiger partial charge in [0.1, 0.15) is 11.6 Å². The highest BCUT2D eigenvalue weighted by atomic mass is 16.5. The van der Waals surface area contributed by atoms with Gasteiger partial charge in [-0.1, -0.05) is 51.1 Å². The van der Waals surface area contributed by atoms with Crippen LogP contribution in [-0.4, -0.2) is 69.9 Å². The van der Waals surface area contributed by atoms with Crippen LogP contribution in [0.15, 0.2) is 60.8 Å². The predicted molar refractivity (Wildman–Crippen MR) is 157 cm³/mol. The summed E-state index contributed by atoms with van der Waals surface area (Å²) in [6, 6.07) is 18.2. The van der Waals surface area contributed by atoms with E-state index in [-0.39, 0.29) is 17.2 Å². The first-order valence-corrected chi connectivity index (χ1v) is 14.4. The van der Waals surface area contributed by atoms with Gasteiger partial charge in [-0.25, -0.2) is 14.6 Å². The number of fused-ring (bicyclic) bond motifs is 1. The molecule has 0 saturated carbocycles. The number of benzene rings is 2. The van der Waals surface area contributed by atoms with Gasteiger partial charge in [0.25, 0.3) is 5.91 Å². The maximum absolute atomic E-state index is 13.4. The number of rotatable bonds is 4. The highest BCUT2D eigenvalue weighted by Crippen LogP contribution is 2.32. The van der Waals surface area contributed by atoms with Crippen molar-refractivity contribution in [3.63, 3.8) is 0 Å². The summed E-state index contributed by atoms with van der Waals surface area (Å²) < 4.78 is 7.54. The maximum Gasteiger partial charge on any atom is 0.253 e. The number of para-hydroxylation sites is 1. The third-order valence-electron chi connectivity index (χ3n) is 8.09. The molecule has 2 aromatic heterocycles. The molecule has 0 unspecified atom stereocenters. The van der Waals surface area contributed by atoms with E-state index in [1.54, 1.807) is 0 Å². The third kappa shape index (κ3) is 5.32. The molecule has 40 heavy (non-hydrogen) atoms. The molecule has 0 N–H and O–H groups in total. The summed E-state index contributed by atoms with van der Waals surface area (Å²) in [5.74, 6) is 2.13. The summed E-state index contributed by atoms with van der Waals surface area (Å²) in [5, 5.41) is 5.68. The smallest absolute Gasteiger partial charge is 0.253 e. The van der Waals surface area contributed by atoms with Crippen LogP contribution in [0, 0.1) is 0 Å². The van der Waals surface area contributed by atoms with E-state index in [4.69, 9.17) is 19.8 Å². The van der Waals surface area contributed by atoms with Crippen molar-refractivity contribution in [3.8, 4) is 5.69 Å². The highest BCUT2D eigenvalue weighted by Gasteiger charge is 2.27. The largest absolute Gasteiger partial charge is 0.381 e. The van der Waals surface area contributed by atoms with E-state index in [0.717, 1.165) is 79.5 Å². The molecule has 4 aromatic rings. The molecule has 208 valence electrons. The molecule has 2 saturated heterocycles. The average Bonchev–Trinajstić information content (AvgIpc) is 3.26. The fourth-order valence-electron chi connectivity index (χ4n) is 5.67. The SMILES string of the molecule is CC(C)(C)c1ccc(C(=O)N2CCCN(c3nc(C4CCOCC4)nc4c3cnn4-c3ccccc3)CC2)cc1. The number of amides is 1. The number of ether oxygens (including phenoxy) is 1. The van der Waals surface area contributed by atoms with Gasteiger partial charge in [-0.2, -0.15) is 5.10 Å². The minimum absolute atomic E-state index is 0.0609. The van der Waals surface area contributed by atoms with Crippen LogP contribution in [0.5, 0.6) is 0 Å². The van der Waals surface area contributed by atoms with Gasteiger partial charge in [-0.3, -0.25) is 4.79 Å². The molecule has 0 spiro atoms. The standard InChI is InChI=1S/C32H38N6O2/c1-32(2,3)25-12-10-24(11-13-25)31(39)37-17-7-16-36(18-19-37)29-27-22-33-38(26-8-5-4-6-9-26)30(27)35-28(34-29)23-14-20-40-21-15-23/h4-6,8-13,22-23H,7,14-21H2,1-3H3. The molecule has 2 aromatic carbocycles. The van der Waals surface area contributed by atoms with Gasteiger partial charge < -0.3 is 14.5 Å². The Kier molecular flexibility index (Phi) is 7.27. The lowest BCUT2D eigenvalue weighted by molar-refractivity contribution is 0.0767. The van der Waals surface area contributed by atoms with E-state index in [9.17, 15) is 4.79 Å². The molecular formula is C32H38N6O2. The Morgan fingerprint density at radius 3 is 2.38 bits per heavy atom. The van der Waals surface area contributed by atoms with Crippen LogP contribution in [0.25, 0.3) is 16.7 Å². The van der Waals surface area contributed by atoms with Crippen LogP contribution in [0.1, 0.15) is 67.7 Å². The molecule has 1 amide bonds. The molecule has 0 bridgehead atoms. The molecule has 0 radical (unpaired) electrons. The quantitative estimate of drug-likeness (QED) is 0.348. The number of aromatic nitrogens is 4. The van der Waals surface area contributed by atoms with Gasteiger partial charge in [0.2, 0.25) is 0 Å². The van der Waals surface area contributed by atoms with Crippen molar-refractivity contribution in [3.05, 3.63) is 77.7 Å². The van der Waals surface area contributed by atoms with Crippen LogP contribution in [0.2, 0.25) is 0 Å². The molecule has 2 aliphatic rings. The highest BCUT2D eigenvalue weighted by molar-refractivity contribution is 5.94. The van der Waals surface area contributed by atoms with E-state index < -0.39 is 0 Å². The lowest BCUT2D eigenvalue weighted by atomic mass is 9.86. The van der Waals surface area contributed by atoms with Crippen LogP contribution in [-0.2, 0) is 10.2 Å². The van der Waals surface area contributed by atoms with E-state index in [0.29, 0.717) is 13.1 Å². The van der Waals surface area contributed by atoms with Gasteiger partial charge >= 0.3 is 0 Å². The summed E-state index contributed by atoms with van der Waals surface area (Å²) in [7, 11) is 0. The van der Waals surface area contributed by atoms with Crippen molar-refractivity contribution in [1.29, 1.82) is 0 Å². The summed E-state index contributed by atoms with van der Waals surface area (Å²) in [6.07, 6.45) is 4.59. The Labute approximate surface area is 236 Å². The van der Waals surface area contributed by atoms with E-state index in [2.05, 4.69) is 37.8 Å². The Balaban J connectivity index is 1.29. The number of hydrogen-bond acceptors (Lipinski definition) is 6. The van der Waals surface area contributed by atoms with Gasteiger partial charge in [0.05, 0.1) is 17.3 Å². The zero-order chi connectivity index (χ0) is 27.7. The number of carbonyl (C=O) groups is 1. The first-order valence-electron chi connectivity index (χ1n) is 14.4. The molecule has 0 atom stereocenters. The average molecular weight is 539 g/mol. The Hall–Kier alpha value is -3.78. The van der Waals surface area contributed by atoms with Crippen molar-refractivity contribution >= 4 is 22.8 Å². The van der Waals surface area contributed by atoms with Gasteiger partial charge in [0.15, 0.2) is 5.65 Å². The molecule has 8 heteroatoms. The summed E-state index contributed by atoms with van der Waals surface area (Å²) in [4.78, 5) is 28.0. The second-order valence-electron chi connectivity index (χ2n) is 11.9. The number of carbonyl (C=O) groups excluding carboxylic acids is 1. The fourth-order valence-corrected chi connectivity index (χ4v) is 5.67. The van der Waals surface area contributed by atoms with E-state index >= 15 is 0 Å². The zero-order valence-corrected chi connectivity index (χ0v) is 23.7. The van der Waals surface area contributed by atoms with E-state index in [1.165, 1.54) is 5.56 Å². The number of nitrogens with zero attached hydrogens (tertiary/aromatic N) is 6. The monoisotopic (exact) mass is 538 g/mol. The molecule has 0 aliphatic carbocycles. The van der Waals surface area contributed by atoms with Crippen molar-refractivity contribution in [2.24, 2.45) is 0 Å². The Bertz CT molecular complexity index is 1470. The Morgan fingerprint density at radius 2 is 1.65 bits per heavy atom. The van der Waals surface area contributed by atoms with Crippen LogP contribution in [0.4, 0.5) is 5.82 Å². The second kappa shape index (κ2) is 11.0. The Morgan fingerprint density at radius 1 is 0.900 bits per heavy atom.